The second-order valence-corrected chi connectivity index (χ2v) is 4.67. The topological polar surface area (TPSA) is 41.5 Å². The van der Waals surface area contributed by atoms with Crippen LogP contribution in [0.2, 0.25) is 0 Å². The highest BCUT2D eigenvalue weighted by Gasteiger charge is 2.22. The molecule has 1 aromatic carbocycles. The van der Waals surface area contributed by atoms with Crippen molar-refractivity contribution < 1.29 is 9.84 Å². The first kappa shape index (κ1) is 14.0. The predicted molar refractivity (Wildman–Crippen MR) is 70.5 cm³/mol. The third-order valence-corrected chi connectivity index (χ3v) is 2.90. The second kappa shape index (κ2) is 6.62. The summed E-state index contributed by atoms with van der Waals surface area (Å²) < 4.78 is 5.13. The highest BCUT2D eigenvalue weighted by Crippen LogP contribution is 2.16. The molecule has 0 aliphatic carbocycles. The summed E-state index contributed by atoms with van der Waals surface area (Å²) >= 11 is 0. The molecular formula is C14H23NO2. The average molecular weight is 237 g/mol. The number of aliphatic hydroxyl groups is 1. The monoisotopic (exact) mass is 237 g/mol. The number of aliphatic hydroxyl groups excluding tert-OH is 1. The van der Waals surface area contributed by atoms with E-state index in [0.717, 1.165) is 25.1 Å². The molecule has 1 atom stereocenters. The van der Waals surface area contributed by atoms with Gasteiger partial charge in [-0.2, -0.15) is 0 Å². The number of hydrogen-bond donors (Lipinski definition) is 2. The molecular weight excluding hydrogens is 214 g/mol. The summed E-state index contributed by atoms with van der Waals surface area (Å²) in [5.74, 6) is 0.862. The Labute approximate surface area is 104 Å². The Bertz CT molecular complexity index is 323. The molecule has 96 valence electrons. The van der Waals surface area contributed by atoms with Gasteiger partial charge in [0.25, 0.3) is 0 Å². The molecule has 0 aliphatic heterocycles. The normalized spacial score (nSPS) is 14.4. The van der Waals surface area contributed by atoms with Gasteiger partial charge < -0.3 is 15.2 Å². The highest BCUT2D eigenvalue weighted by molar-refractivity contribution is 5.28. The minimum atomic E-state index is -0.245. The molecule has 0 saturated carbocycles. The number of methoxy groups -OCH3 is 1. The summed E-state index contributed by atoms with van der Waals surface area (Å²) in [6, 6.07) is 7.99. The Kier molecular flexibility index (Phi) is 5.45. The van der Waals surface area contributed by atoms with Gasteiger partial charge in [0.15, 0.2) is 0 Å². The molecule has 3 nitrogen and oxygen atoms in total. The molecule has 0 fully saturated rings. The van der Waals surface area contributed by atoms with Crippen LogP contribution >= 0.6 is 0 Å². The van der Waals surface area contributed by atoms with E-state index in [0.29, 0.717) is 0 Å². The first-order valence-electron chi connectivity index (χ1n) is 6.12. The zero-order valence-corrected chi connectivity index (χ0v) is 11.0. The van der Waals surface area contributed by atoms with Crippen LogP contribution < -0.4 is 10.1 Å². The zero-order valence-electron chi connectivity index (χ0n) is 11.0. The van der Waals surface area contributed by atoms with E-state index in [1.807, 2.05) is 31.2 Å². The fourth-order valence-corrected chi connectivity index (χ4v) is 1.79. The average Bonchev–Trinajstić information content (AvgIpc) is 2.37. The molecule has 17 heavy (non-hydrogen) atoms. The smallest absolute Gasteiger partial charge is 0.118 e. The van der Waals surface area contributed by atoms with Gasteiger partial charge in [-0.1, -0.05) is 19.1 Å². The summed E-state index contributed by atoms with van der Waals surface area (Å²) in [7, 11) is 1.66. The van der Waals surface area contributed by atoms with E-state index in [-0.39, 0.29) is 12.1 Å². The Morgan fingerprint density at radius 1 is 1.29 bits per heavy atom. The lowest BCUT2D eigenvalue weighted by Gasteiger charge is -2.29. The standard InChI is InChI=1S/C14H23NO2/c1-4-9-15-14(2,11-16)10-12-5-7-13(17-3)8-6-12/h5-8,15-16H,4,9-11H2,1-3H3. The minimum Gasteiger partial charge on any atom is -0.497 e. The molecule has 0 saturated heterocycles. The zero-order chi connectivity index (χ0) is 12.7. The Balaban J connectivity index is 2.65. The molecule has 2 N–H and O–H groups in total. The van der Waals surface area contributed by atoms with Crippen LogP contribution in [0.15, 0.2) is 24.3 Å². The van der Waals surface area contributed by atoms with E-state index in [4.69, 9.17) is 4.74 Å². The lowest BCUT2D eigenvalue weighted by Crippen LogP contribution is -2.47. The van der Waals surface area contributed by atoms with Crippen molar-refractivity contribution in [3.8, 4) is 5.75 Å². The van der Waals surface area contributed by atoms with E-state index in [1.165, 1.54) is 5.56 Å². The summed E-state index contributed by atoms with van der Waals surface area (Å²) in [6.07, 6.45) is 1.88. The van der Waals surface area contributed by atoms with Gasteiger partial charge in [-0.25, -0.2) is 0 Å². The number of nitrogens with one attached hydrogen (secondary N) is 1. The number of rotatable bonds is 7. The van der Waals surface area contributed by atoms with Crippen LogP contribution in [0.5, 0.6) is 5.75 Å². The number of hydrogen-bond acceptors (Lipinski definition) is 3. The van der Waals surface area contributed by atoms with Crippen LogP contribution in [0, 0.1) is 0 Å². The van der Waals surface area contributed by atoms with Gasteiger partial charge in [0.2, 0.25) is 0 Å². The largest absolute Gasteiger partial charge is 0.497 e. The summed E-state index contributed by atoms with van der Waals surface area (Å²) in [6.45, 7) is 5.23. The van der Waals surface area contributed by atoms with Gasteiger partial charge in [-0.15, -0.1) is 0 Å². The summed E-state index contributed by atoms with van der Waals surface area (Å²) in [4.78, 5) is 0. The van der Waals surface area contributed by atoms with Gasteiger partial charge in [0, 0.05) is 5.54 Å². The van der Waals surface area contributed by atoms with Crippen LogP contribution in [0.1, 0.15) is 25.8 Å². The van der Waals surface area contributed by atoms with Crippen molar-refractivity contribution in [2.75, 3.05) is 20.3 Å². The van der Waals surface area contributed by atoms with E-state index in [1.54, 1.807) is 7.11 Å². The fraction of sp³-hybridized carbons (Fsp3) is 0.571. The van der Waals surface area contributed by atoms with Crippen LogP contribution in [-0.4, -0.2) is 30.9 Å². The van der Waals surface area contributed by atoms with Gasteiger partial charge in [0.1, 0.15) is 5.75 Å². The predicted octanol–water partition coefficient (Wildman–Crippen LogP) is 1.99. The van der Waals surface area contributed by atoms with Crippen LogP contribution in [0.4, 0.5) is 0 Å². The molecule has 0 amide bonds. The second-order valence-electron chi connectivity index (χ2n) is 4.67. The van der Waals surface area contributed by atoms with Crippen molar-refractivity contribution in [1.29, 1.82) is 0 Å². The number of benzene rings is 1. The first-order valence-corrected chi connectivity index (χ1v) is 6.12. The molecule has 0 bridgehead atoms. The molecule has 1 unspecified atom stereocenters. The molecule has 1 aromatic rings. The first-order chi connectivity index (χ1) is 8.13. The van der Waals surface area contributed by atoms with Gasteiger partial charge >= 0.3 is 0 Å². The molecule has 1 rings (SSSR count). The van der Waals surface area contributed by atoms with Crippen LogP contribution in [0.25, 0.3) is 0 Å². The van der Waals surface area contributed by atoms with Crippen molar-refractivity contribution >= 4 is 0 Å². The Morgan fingerprint density at radius 2 is 1.94 bits per heavy atom. The summed E-state index contributed by atoms with van der Waals surface area (Å²) in [5, 5.41) is 12.9. The van der Waals surface area contributed by atoms with Crippen molar-refractivity contribution in [1.82, 2.24) is 5.32 Å². The van der Waals surface area contributed by atoms with E-state index in [2.05, 4.69) is 12.2 Å². The maximum Gasteiger partial charge on any atom is 0.118 e. The van der Waals surface area contributed by atoms with Crippen molar-refractivity contribution in [3.05, 3.63) is 29.8 Å². The van der Waals surface area contributed by atoms with Gasteiger partial charge in [0.05, 0.1) is 13.7 Å². The fourth-order valence-electron chi connectivity index (χ4n) is 1.79. The van der Waals surface area contributed by atoms with Crippen LogP contribution in [-0.2, 0) is 6.42 Å². The third kappa shape index (κ3) is 4.36. The quantitative estimate of drug-likeness (QED) is 0.762. The minimum absolute atomic E-state index is 0.138. The van der Waals surface area contributed by atoms with Gasteiger partial charge in [-0.05, 0) is 44.0 Å². The van der Waals surface area contributed by atoms with E-state index >= 15 is 0 Å². The molecule has 0 aromatic heterocycles. The van der Waals surface area contributed by atoms with E-state index in [9.17, 15) is 5.11 Å². The lowest BCUT2D eigenvalue weighted by molar-refractivity contribution is 0.174. The van der Waals surface area contributed by atoms with Crippen molar-refractivity contribution in [2.24, 2.45) is 0 Å². The highest BCUT2D eigenvalue weighted by atomic mass is 16.5. The summed E-state index contributed by atoms with van der Waals surface area (Å²) in [5.41, 5.74) is 0.955. The third-order valence-electron chi connectivity index (χ3n) is 2.90. The molecule has 0 heterocycles. The molecule has 0 aliphatic rings. The lowest BCUT2D eigenvalue weighted by atomic mass is 9.93. The number of ether oxygens (including phenoxy) is 1. The molecule has 0 spiro atoms. The Hall–Kier alpha value is -1.06. The van der Waals surface area contributed by atoms with Crippen molar-refractivity contribution in [2.45, 2.75) is 32.2 Å². The van der Waals surface area contributed by atoms with Gasteiger partial charge in [-0.3, -0.25) is 0 Å². The van der Waals surface area contributed by atoms with E-state index < -0.39 is 0 Å². The maximum absolute atomic E-state index is 9.49. The van der Waals surface area contributed by atoms with Crippen LogP contribution in [0.3, 0.4) is 0 Å². The molecule has 3 heteroatoms. The van der Waals surface area contributed by atoms with Crippen molar-refractivity contribution in [3.63, 3.8) is 0 Å². The Morgan fingerprint density at radius 3 is 2.41 bits per heavy atom. The SMILES string of the molecule is CCCNC(C)(CO)Cc1ccc(OC)cc1. The molecule has 0 radical (unpaired) electrons. The maximum atomic E-state index is 9.49.